The van der Waals surface area contributed by atoms with Gasteiger partial charge in [0.1, 0.15) is 52.6 Å². The molecule has 17 heteroatoms. The van der Waals surface area contributed by atoms with E-state index >= 15 is 0 Å². The number of hydrogen-bond donors (Lipinski definition) is 4. The summed E-state index contributed by atoms with van der Waals surface area (Å²) in [6.45, 7) is 4.04. The standard InChI is InChI=1S/C46H56FN6O8PS/c1-28(2)48-44-50-39(27-63-44)38-23-41(34-20-19-32(59-3)21-37(34)49-38)60-33-22-40-42(54)52-46(62(57,58)26-29-13-9-12-17-35(29)47)24-30(46)14-7-5-4-6-8-18-36(43(55)53(40)25-33)51-45(56)61-31-15-10-11-16-31/h7,9,12-14,17,19-21,23,27-28,30-31,33,36,40H,4-6,8,10-11,15-16,18,22,24-26H2,1-3H3,(H,48,50)(H,51,56)(H,52,54)(H,57,58)/b14-7-/t30-,33+,36-,40-,46-/m0/s1. The number of methoxy groups -OCH3 is 1. The van der Waals surface area contributed by atoms with Crippen LogP contribution in [0, 0.1) is 11.7 Å². The number of nitrogens with one attached hydrogen (secondary N) is 3. The van der Waals surface area contributed by atoms with Crippen LogP contribution in [-0.2, 0) is 25.1 Å². The van der Waals surface area contributed by atoms with Gasteiger partial charge in [-0.25, -0.2) is 19.2 Å². The monoisotopic (exact) mass is 902 g/mol. The quantitative estimate of drug-likeness (QED) is 0.0837. The fraction of sp³-hybridized carbons (Fsp3) is 0.500. The fourth-order valence-corrected chi connectivity index (χ4v) is 12.3. The molecule has 6 atom stereocenters. The van der Waals surface area contributed by atoms with E-state index in [-0.39, 0.29) is 37.1 Å². The molecular weight excluding hydrogens is 847 g/mol. The zero-order valence-corrected chi connectivity index (χ0v) is 37.6. The van der Waals surface area contributed by atoms with Gasteiger partial charge in [-0.05, 0) is 89.0 Å². The number of carbonyl (C=O) groups excluding carboxylic acids is 3. The number of alkyl carbamates (subject to hydrolysis) is 1. The van der Waals surface area contributed by atoms with E-state index in [9.17, 15) is 28.2 Å². The Morgan fingerprint density at radius 2 is 1.84 bits per heavy atom. The summed E-state index contributed by atoms with van der Waals surface area (Å²) in [5.41, 5.74) is 1.85. The van der Waals surface area contributed by atoms with Crippen LogP contribution in [0.5, 0.6) is 11.5 Å². The minimum atomic E-state index is -4.33. The Morgan fingerprint density at radius 1 is 1.05 bits per heavy atom. The molecule has 2 saturated carbocycles. The molecule has 3 fully saturated rings. The first kappa shape index (κ1) is 44.6. The van der Waals surface area contributed by atoms with Crippen LogP contribution < -0.4 is 25.4 Å². The Hall–Kier alpha value is -5.05. The van der Waals surface area contributed by atoms with Gasteiger partial charge in [0.05, 0.1) is 31.0 Å². The molecule has 2 aliphatic carbocycles. The molecule has 4 aliphatic rings. The Kier molecular flexibility index (Phi) is 13.4. The van der Waals surface area contributed by atoms with Gasteiger partial charge in [-0.1, -0.05) is 43.2 Å². The van der Waals surface area contributed by atoms with Gasteiger partial charge in [-0.3, -0.25) is 14.2 Å². The van der Waals surface area contributed by atoms with Gasteiger partial charge in [-0.2, -0.15) is 0 Å². The lowest BCUT2D eigenvalue weighted by atomic mass is 10.0. The summed E-state index contributed by atoms with van der Waals surface area (Å²) in [7, 11) is -2.75. The second kappa shape index (κ2) is 19.0. The number of ether oxygens (including phenoxy) is 3. The second-order valence-corrected chi connectivity index (χ2v) is 20.8. The van der Waals surface area contributed by atoms with Crippen molar-refractivity contribution in [3.63, 3.8) is 0 Å². The normalized spacial score (nSPS) is 25.8. The Balaban J connectivity index is 1.13. The number of aromatic nitrogens is 2. The summed E-state index contributed by atoms with van der Waals surface area (Å²) in [5.74, 6) is -1.15. The van der Waals surface area contributed by atoms with Crippen molar-refractivity contribution in [3.8, 4) is 22.9 Å². The summed E-state index contributed by atoms with van der Waals surface area (Å²) in [6.07, 6.45) is 8.57. The minimum absolute atomic E-state index is 0.0242. The number of thiazole rings is 1. The lowest BCUT2D eigenvalue weighted by Crippen LogP contribution is -2.55. The number of rotatable bonds is 11. The van der Waals surface area contributed by atoms with Crippen LogP contribution in [0.4, 0.5) is 14.3 Å². The number of fused-ring (bicyclic) bond motifs is 3. The van der Waals surface area contributed by atoms with E-state index in [1.165, 1.54) is 34.4 Å². The zero-order valence-electron chi connectivity index (χ0n) is 35.9. The predicted octanol–water partition coefficient (Wildman–Crippen LogP) is 8.54. The predicted molar refractivity (Wildman–Crippen MR) is 239 cm³/mol. The van der Waals surface area contributed by atoms with Crippen molar-refractivity contribution in [1.82, 2.24) is 25.5 Å². The third-order valence-corrected chi connectivity index (χ3v) is 15.9. The van der Waals surface area contributed by atoms with E-state index in [1.54, 1.807) is 31.4 Å². The van der Waals surface area contributed by atoms with Crippen LogP contribution in [-0.4, -0.2) is 86.9 Å². The summed E-state index contributed by atoms with van der Waals surface area (Å²) in [4.78, 5) is 65.9. The molecule has 3 amide bonds. The van der Waals surface area contributed by atoms with Crippen molar-refractivity contribution in [3.05, 3.63) is 77.4 Å². The van der Waals surface area contributed by atoms with E-state index in [4.69, 9.17) is 24.2 Å². The SMILES string of the molecule is COc1ccc2c(O[C@@H]3C[C@H]4C(=O)N[C@]5(P(=O)(O)Cc6ccccc6F)C[C@@H]5/C=C\CCCCC[C@H](NC(=O)OC5CCCC5)C(=O)N4C3)cc(-c3csc(NC(C)C)n3)nc2c1. The molecule has 2 aliphatic heterocycles. The van der Waals surface area contributed by atoms with Crippen LogP contribution >= 0.6 is 18.7 Å². The van der Waals surface area contributed by atoms with Gasteiger partial charge >= 0.3 is 6.09 Å². The van der Waals surface area contributed by atoms with Crippen LogP contribution in [0.25, 0.3) is 22.3 Å². The molecule has 63 heavy (non-hydrogen) atoms. The van der Waals surface area contributed by atoms with E-state index in [1.807, 2.05) is 37.4 Å². The van der Waals surface area contributed by atoms with Gasteiger partial charge in [0.15, 0.2) is 5.13 Å². The number of anilines is 1. The van der Waals surface area contributed by atoms with Gasteiger partial charge in [0.2, 0.25) is 19.2 Å². The van der Waals surface area contributed by atoms with E-state index in [0.29, 0.717) is 53.1 Å². The summed E-state index contributed by atoms with van der Waals surface area (Å²) >= 11 is 1.46. The molecule has 0 radical (unpaired) electrons. The number of nitrogens with zero attached hydrogens (tertiary/aromatic N) is 3. The molecule has 0 spiro atoms. The molecule has 4 aromatic rings. The van der Waals surface area contributed by atoms with Crippen molar-refractivity contribution in [2.45, 2.75) is 126 Å². The lowest BCUT2D eigenvalue weighted by molar-refractivity contribution is -0.140. The molecular formula is C46H56FN6O8PS. The van der Waals surface area contributed by atoms with Crippen LogP contribution in [0.3, 0.4) is 0 Å². The first-order valence-electron chi connectivity index (χ1n) is 22.0. The van der Waals surface area contributed by atoms with Crippen LogP contribution in [0.2, 0.25) is 0 Å². The first-order valence-corrected chi connectivity index (χ1v) is 24.7. The smallest absolute Gasteiger partial charge is 0.408 e. The summed E-state index contributed by atoms with van der Waals surface area (Å²) in [6, 6.07) is 11.1. The number of halogens is 1. The molecule has 4 N–H and O–H groups in total. The van der Waals surface area contributed by atoms with Crippen molar-refractivity contribution in [1.29, 1.82) is 0 Å². The highest BCUT2D eigenvalue weighted by Gasteiger charge is 2.66. The minimum Gasteiger partial charge on any atom is -0.497 e. The van der Waals surface area contributed by atoms with E-state index in [0.717, 1.165) is 43.7 Å². The Labute approximate surface area is 370 Å². The molecule has 2 aromatic heterocycles. The molecule has 1 unspecified atom stereocenters. The zero-order chi connectivity index (χ0) is 44.3. The van der Waals surface area contributed by atoms with Crippen molar-refractivity contribution >= 4 is 52.6 Å². The molecule has 8 rings (SSSR count). The number of hydrogen-bond acceptors (Lipinski definition) is 11. The Morgan fingerprint density at radius 3 is 2.62 bits per heavy atom. The lowest BCUT2D eigenvalue weighted by Gasteiger charge is -2.31. The van der Waals surface area contributed by atoms with Crippen molar-refractivity contribution in [2.75, 3.05) is 19.0 Å². The maximum absolute atomic E-state index is 14.9. The highest BCUT2D eigenvalue weighted by molar-refractivity contribution is 7.59. The largest absolute Gasteiger partial charge is 0.497 e. The van der Waals surface area contributed by atoms with Crippen LogP contribution in [0.15, 0.2) is 66.1 Å². The maximum atomic E-state index is 14.9. The molecule has 1 saturated heterocycles. The number of pyridine rings is 1. The van der Waals surface area contributed by atoms with Gasteiger partial charge in [0.25, 0.3) is 0 Å². The van der Waals surface area contributed by atoms with Crippen molar-refractivity contribution in [2.24, 2.45) is 5.92 Å². The fourth-order valence-electron chi connectivity index (χ4n) is 9.06. The van der Waals surface area contributed by atoms with Gasteiger partial charge in [0, 0.05) is 41.3 Å². The number of allylic oxidation sites excluding steroid dienone is 1. The topological polar surface area (TPSA) is 181 Å². The molecule has 2 aromatic carbocycles. The highest BCUT2D eigenvalue weighted by atomic mass is 32.1. The third kappa shape index (κ3) is 10.0. The van der Waals surface area contributed by atoms with E-state index < -0.39 is 66.6 Å². The average molecular weight is 903 g/mol. The maximum Gasteiger partial charge on any atom is 0.408 e. The first-order chi connectivity index (χ1) is 30.3. The molecule has 14 nitrogen and oxygen atoms in total. The number of carbonyl (C=O) groups is 3. The van der Waals surface area contributed by atoms with E-state index in [2.05, 4.69) is 16.0 Å². The molecule has 0 bridgehead atoms. The van der Waals surface area contributed by atoms with Gasteiger partial charge in [-0.15, -0.1) is 11.3 Å². The highest BCUT2D eigenvalue weighted by Crippen LogP contribution is 2.71. The number of benzene rings is 2. The Bertz CT molecular complexity index is 2410. The summed E-state index contributed by atoms with van der Waals surface area (Å²) < 4.78 is 47.5. The second-order valence-electron chi connectivity index (χ2n) is 17.5. The van der Waals surface area contributed by atoms with Crippen LogP contribution in [0.1, 0.15) is 90.0 Å². The molecule has 336 valence electrons. The van der Waals surface area contributed by atoms with Gasteiger partial charge < -0.3 is 40.0 Å². The van der Waals surface area contributed by atoms with Crippen molar-refractivity contribution < 1.29 is 42.4 Å². The average Bonchev–Trinajstić information content (AvgIpc) is 3.66. The number of amides is 3. The molecule has 4 heterocycles. The summed E-state index contributed by atoms with van der Waals surface area (Å²) in [5, 5.41) is 10.9. The third-order valence-electron chi connectivity index (χ3n) is 12.5.